The Bertz CT molecular complexity index is 212. The van der Waals surface area contributed by atoms with Crippen LogP contribution >= 0.6 is 0 Å². The molecule has 94 valence electrons. The second kappa shape index (κ2) is 6.24. The van der Waals surface area contributed by atoms with E-state index in [1.54, 1.807) is 0 Å². The summed E-state index contributed by atoms with van der Waals surface area (Å²) in [6.07, 6.45) is 7.64. The highest BCUT2D eigenvalue weighted by molar-refractivity contribution is 5.72. The van der Waals surface area contributed by atoms with E-state index in [4.69, 9.17) is 4.74 Å². The predicted molar refractivity (Wildman–Crippen MR) is 65.3 cm³/mol. The molecular formula is C13H25NO2. The third kappa shape index (κ3) is 6.11. The van der Waals surface area contributed by atoms with Gasteiger partial charge in [0.2, 0.25) is 0 Å². The lowest BCUT2D eigenvalue weighted by atomic mass is 10.1. The van der Waals surface area contributed by atoms with Gasteiger partial charge in [-0.3, -0.25) is 4.79 Å². The van der Waals surface area contributed by atoms with Crippen LogP contribution in [0.1, 0.15) is 59.3 Å². The molecule has 0 spiro atoms. The summed E-state index contributed by atoms with van der Waals surface area (Å²) in [6, 6.07) is 0.509. The number of carbonyl (C=O) groups excluding carboxylic acids is 1. The fourth-order valence-corrected chi connectivity index (χ4v) is 2.09. The summed E-state index contributed by atoms with van der Waals surface area (Å²) >= 11 is 0. The van der Waals surface area contributed by atoms with E-state index >= 15 is 0 Å². The summed E-state index contributed by atoms with van der Waals surface area (Å²) in [5.41, 5.74) is -0.373. The zero-order valence-electron chi connectivity index (χ0n) is 10.8. The van der Waals surface area contributed by atoms with Crippen LogP contribution in [0, 0.1) is 0 Å². The van der Waals surface area contributed by atoms with Crippen molar-refractivity contribution in [2.45, 2.75) is 70.9 Å². The Morgan fingerprint density at radius 1 is 1.19 bits per heavy atom. The van der Waals surface area contributed by atoms with Gasteiger partial charge >= 0.3 is 5.97 Å². The predicted octanol–water partition coefficient (Wildman–Crippen LogP) is 2.64. The van der Waals surface area contributed by atoms with Crippen LogP contribution < -0.4 is 5.32 Å². The Balaban J connectivity index is 2.20. The van der Waals surface area contributed by atoms with Gasteiger partial charge in [-0.15, -0.1) is 0 Å². The number of carbonyl (C=O) groups is 1. The molecule has 1 fully saturated rings. The molecule has 0 unspecified atom stereocenters. The maximum atomic E-state index is 11.5. The molecule has 1 aliphatic carbocycles. The topological polar surface area (TPSA) is 38.3 Å². The van der Waals surface area contributed by atoms with Gasteiger partial charge in [-0.05, 0) is 33.6 Å². The molecule has 1 saturated carbocycles. The number of esters is 1. The maximum absolute atomic E-state index is 11.5. The molecule has 16 heavy (non-hydrogen) atoms. The quantitative estimate of drug-likeness (QED) is 0.595. The van der Waals surface area contributed by atoms with Crippen LogP contribution in [0.3, 0.4) is 0 Å². The SMILES string of the molecule is CC(C)(C)OC(=O)CNC1CCCCCC1. The fourth-order valence-electron chi connectivity index (χ4n) is 2.09. The van der Waals surface area contributed by atoms with Crippen LogP contribution in [-0.2, 0) is 9.53 Å². The van der Waals surface area contributed by atoms with Gasteiger partial charge in [0.1, 0.15) is 5.60 Å². The van der Waals surface area contributed by atoms with Crippen LogP contribution in [-0.4, -0.2) is 24.2 Å². The van der Waals surface area contributed by atoms with E-state index in [0.717, 1.165) is 0 Å². The van der Waals surface area contributed by atoms with Crippen molar-refractivity contribution in [3.8, 4) is 0 Å². The third-order valence-electron chi connectivity index (χ3n) is 2.81. The number of ether oxygens (including phenoxy) is 1. The Kier molecular flexibility index (Phi) is 5.26. The maximum Gasteiger partial charge on any atom is 0.320 e. The summed E-state index contributed by atoms with van der Waals surface area (Å²) in [5.74, 6) is -0.142. The lowest BCUT2D eigenvalue weighted by Gasteiger charge is -2.21. The molecule has 0 bridgehead atoms. The first kappa shape index (κ1) is 13.5. The first-order valence-electron chi connectivity index (χ1n) is 6.42. The van der Waals surface area contributed by atoms with Crippen LogP contribution in [0.4, 0.5) is 0 Å². The lowest BCUT2D eigenvalue weighted by molar-refractivity contribution is -0.153. The highest BCUT2D eigenvalue weighted by Gasteiger charge is 2.18. The van der Waals surface area contributed by atoms with Crippen molar-refractivity contribution in [3.63, 3.8) is 0 Å². The number of rotatable bonds is 3. The molecule has 0 aliphatic heterocycles. The summed E-state index contributed by atoms with van der Waals surface area (Å²) in [5, 5.41) is 3.31. The number of hydrogen-bond acceptors (Lipinski definition) is 3. The third-order valence-corrected chi connectivity index (χ3v) is 2.81. The van der Waals surface area contributed by atoms with E-state index in [-0.39, 0.29) is 11.6 Å². The monoisotopic (exact) mass is 227 g/mol. The Labute approximate surface area is 98.9 Å². The van der Waals surface area contributed by atoms with Crippen LogP contribution in [0.2, 0.25) is 0 Å². The fraction of sp³-hybridized carbons (Fsp3) is 0.923. The van der Waals surface area contributed by atoms with Crippen molar-refractivity contribution in [1.82, 2.24) is 5.32 Å². The van der Waals surface area contributed by atoms with Crippen molar-refractivity contribution in [2.75, 3.05) is 6.54 Å². The molecule has 1 rings (SSSR count). The minimum absolute atomic E-state index is 0.142. The average molecular weight is 227 g/mol. The lowest BCUT2D eigenvalue weighted by Crippen LogP contribution is -2.36. The Morgan fingerprint density at radius 2 is 1.75 bits per heavy atom. The zero-order chi connectivity index (χ0) is 12.0. The molecule has 0 heterocycles. The summed E-state index contributed by atoms with van der Waals surface area (Å²) in [6.45, 7) is 6.05. The second-order valence-electron chi connectivity index (χ2n) is 5.66. The van der Waals surface area contributed by atoms with Crippen molar-refractivity contribution >= 4 is 5.97 Å². The number of nitrogens with one attached hydrogen (secondary N) is 1. The molecule has 0 saturated heterocycles. The molecule has 3 nitrogen and oxygen atoms in total. The van der Waals surface area contributed by atoms with Gasteiger partial charge in [-0.1, -0.05) is 25.7 Å². The van der Waals surface area contributed by atoms with E-state index in [0.29, 0.717) is 12.6 Å². The van der Waals surface area contributed by atoms with Crippen LogP contribution in [0.15, 0.2) is 0 Å². The van der Waals surface area contributed by atoms with Gasteiger partial charge in [0.15, 0.2) is 0 Å². The first-order chi connectivity index (χ1) is 7.47. The van der Waals surface area contributed by atoms with E-state index in [9.17, 15) is 4.79 Å². The summed E-state index contributed by atoms with van der Waals surface area (Å²) in [4.78, 5) is 11.5. The smallest absolute Gasteiger partial charge is 0.320 e. The van der Waals surface area contributed by atoms with Gasteiger partial charge in [-0.2, -0.15) is 0 Å². The highest BCUT2D eigenvalue weighted by atomic mass is 16.6. The normalized spacial score (nSPS) is 19.2. The second-order valence-corrected chi connectivity index (χ2v) is 5.66. The van der Waals surface area contributed by atoms with Gasteiger partial charge in [0, 0.05) is 6.04 Å². The Morgan fingerprint density at radius 3 is 2.25 bits per heavy atom. The van der Waals surface area contributed by atoms with Crippen LogP contribution in [0.5, 0.6) is 0 Å². The van der Waals surface area contributed by atoms with Crippen LogP contribution in [0.25, 0.3) is 0 Å². The molecular weight excluding hydrogens is 202 g/mol. The largest absolute Gasteiger partial charge is 0.459 e. The van der Waals surface area contributed by atoms with E-state index < -0.39 is 0 Å². The minimum atomic E-state index is -0.373. The molecule has 3 heteroatoms. The number of hydrogen-bond donors (Lipinski definition) is 1. The molecule has 0 aromatic carbocycles. The van der Waals surface area contributed by atoms with Crippen molar-refractivity contribution < 1.29 is 9.53 Å². The molecule has 0 amide bonds. The van der Waals surface area contributed by atoms with E-state index in [1.807, 2.05) is 20.8 Å². The molecule has 0 atom stereocenters. The highest BCUT2D eigenvalue weighted by Crippen LogP contribution is 2.17. The van der Waals surface area contributed by atoms with Crippen molar-refractivity contribution in [3.05, 3.63) is 0 Å². The van der Waals surface area contributed by atoms with E-state index in [2.05, 4.69) is 5.32 Å². The average Bonchev–Trinajstić information content (AvgIpc) is 2.39. The summed E-state index contributed by atoms with van der Waals surface area (Å²) in [7, 11) is 0. The van der Waals surface area contributed by atoms with Crippen molar-refractivity contribution in [1.29, 1.82) is 0 Å². The molecule has 1 N–H and O–H groups in total. The van der Waals surface area contributed by atoms with Crippen molar-refractivity contribution in [2.24, 2.45) is 0 Å². The zero-order valence-corrected chi connectivity index (χ0v) is 10.8. The molecule has 0 radical (unpaired) electrons. The van der Waals surface area contributed by atoms with Gasteiger partial charge in [0.25, 0.3) is 0 Å². The molecule has 0 aromatic heterocycles. The molecule has 0 aromatic rings. The first-order valence-corrected chi connectivity index (χ1v) is 6.42. The minimum Gasteiger partial charge on any atom is -0.459 e. The summed E-state index contributed by atoms with van der Waals surface area (Å²) < 4.78 is 5.26. The molecule has 1 aliphatic rings. The van der Waals surface area contributed by atoms with Gasteiger partial charge < -0.3 is 10.1 Å². The van der Waals surface area contributed by atoms with Gasteiger partial charge in [0.05, 0.1) is 6.54 Å². The van der Waals surface area contributed by atoms with E-state index in [1.165, 1.54) is 38.5 Å². The standard InChI is InChI=1S/C13H25NO2/c1-13(2,3)16-12(15)10-14-11-8-6-4-5-7-9-11/h11,14H,4-10H2,1-3H3. The Hall–Kier alpha value is -0.570. The van der Waals surface area contributed by atoms with Gasteiger partial charge in [-0.25, -0.2) is 0 Å².